The van der Waals surface area contributed by atoms with Crippen LogP contribution in [0.1, 0.15) is 33.2 Å². The zero-order valence-corrected chi connectivity index (χ0v) is 23.3. The molecule has 0 aromatic heterocycles. The first kappa shape index (κ1) is 31.0. The predicted octanol–water partition coefficient (Wildman–Crippen LogP) is 1.73. The molecular weight excluding hydrogens is 569 g/mol. The van der Waals surface area contributed by atoms with Gasteiger partial charge in [0.15, 0.2) is 12.4 Å². The van der Waals surface area contributed by atoms with Crippen molar-refractivity contribution in [2.45, 2.75) is 44.2 Å². The number of amides is 1. The highest BCUT2D eigenvalue weighted by atomic mass is 31.2. The lowest BCUT2D eigenvalue weighted by Crippen LogP contribution is -2.66. The van der Waals surface area contributed by atoms with Crippen molar-refractivity contribution in [3.8, 4) is 0 Å². The molecule has 3 aromatic rings. The topological polar surface area (TPSA) is 173 Å². The zero-order chi connectivity index (χ0) is 30.1. The number of carbonyl (C=O) groups excluding carboxylic acids is 3. The van der Waals surface area contributed by atoms with E-state index in [4.69, 9.17) is 23.5 Å². The van der Waals surface area contributed by atoms with Gasteiger partial charge >= 0.3 is 11.9 Å². The van der Waals surface area contributed by atoms with Gasteiger partial charge in [-0.2, -0.15) is 0 Å². The van der Waals surface area contributed by atoms with Crippen LogP contribution >= 0.6 is 7.82 Å². The van der Waals surface area contributed by atoms with Crippen molar-refractivity contribution < 1.29 is 52.2 Å². The Hall–Kier alpha value is -3.90. The van der Waals surface area contributed by atoms with Gasteiger partial charge in [0.05, 0.1) is 25.6 Å². The van der Waals surface area contributed by atoms with E-state index in [2.05, 4.69) is 5.32 Å². The molecule has 0 radical (unpaired) electrons. The fourth-order valence-electron chi connectivity index (χ4n) is 4.32. The van der Waals surface area contributed by atoms with Gasteiger partial charge < -0.3 is 43.1 Å². The molecule has 0 bridgehead atoms. The van der Waals surface area contributed by atoms with Crippen LogP contribution < -0.4 is 15.1 Å². The number of hydrogen-bond acceptors (Lipinski definition) is 11. The molecule has 42 heavy (non-hydrogen) atoms. The van der Waals surface area contributed by atoms with Crippen molar-refractivity contribution in [3.63, 3.8) is 0 Å². The number of phosphoric acid groups is 1. The van der Waals surface area contributed by atoms with Crippen molar-refractivity contribution in [1.29, 1.82) is 0 Å². The minimum Gasteiger partial charge on any atom is -0.790 e. The molecule has 0 unspecified atom stereocenters. The van der Waals surface area contributed by atoms with Gasteiger partial charge in [-0.05, 0) is 29.8 Å². The highest BCUT2D eigenvalue weighted by Crippen LogP contribution is 2.37. The van der Waals surface area contributed by atoms with E-state index in [1.807, 2.05) is 6.07 Å². The lowest BCUT2D eigenvalue weighted by molar-refractivity contribution is -0.356. The Bertz CT molecular complexity index is 1380. The van der Waals surface area contributed by atoms with E-state index in [1.54, 1.807) is 60.7 Å². The average Bonchev–Trinajstić information content (AvgIpc) is 2.98. The number of carbonyl (C=O) groups is 3. The van der Waals surface area contributed by atoms with Gasteiger partial charge in [-0.25, -0.2) is 9.59 Å². The number of esters is 2. The second-order valence-electron chi connectivity index (χ2n) is 9.28. The molecule has 0 aliphatic carbocycles. The van der Waals surface area contributed by atoms with Crippen LogP contribution in [0.2, 0.25) is 0 Å². The largest absolute Gasteiger partial charge is 0.790 e. The first-order valence-corrected chi connectivity index (χ1v) is 14.3. The highest BCUT2D eigenvalue weighted by molar-refractivity contribution is 7.43. The van der Waals surface area contributed by atoms with Gasteiger partial charge in [-0.15, -0.1) is 0 Å². The summed E-state index contributed by atoms with van der Waals surface area (Å²) in [6.45, 7) is 0.542. The predicted molar refractivity (Wildman–Crippen MR) is 142 cm³/mol. The summed E-state index contributed by atoms with van der Waals surface area (Å²) in [4.78, 5) is 61.7. The van der Waals surface area contributed by atoms with Crippen LogP contribution in [0.5, 0.6) is 0 Å². The van der Waals surface area contributed by atoms with Crippen molar-refractivity contribution in [1.82, 2.24) is 5.32 Å². The first-order valence-electron chi connectivity index (χ1n) is 12.9. The second kappa shape index (κ2) is 14.3. The fourth-order valence-corrected chi connectivity index (χ4v) is 4.87. The number of ether oxygens (including phenoxy) is 4. The quantitative estimate of drug-likeness (QED) is 0.252. The standard InChI is InChI=1S/C29H30NO11P/c1-19(31)30-24-26(40-28(33)22-15-9-4-10-16-22)25(41-42(34,35)36)23(18-37-27(32)21-13-7-3-8-14-21)39-29(24)38-17-20-11-5-2-6-12-20/h2-16,23-26,29H,17-18H2,1H3,(H,30,31)(H2,34,35,36)/p-2/t23-,24-,25-,26-,29+/m1/s1. The van der Waals surface area contributed by atoms with Crippen LogP contribution in [0.15, 0.2) is 91.0 Å². The van der Waals surface area contributed by atoms with Gasteiger partial charge in [-0.3, -0.25) is 4.79 Å². The Morgan fingerprint density at radius 3 is 1.93 bits per heavy atom. The molecule has 4 rings (SSSR count). The molecule has 5 atom stereocenters. The lowest BCUT2D eigenvalue weighted by Gasteiger charge is -2.48. The third kappa shape index (κ3) is 8.80. The maximum atomic E-state index is 13.1. The molecule has 1 amide bonds. The molecular formula is C29H28NO11P-2. The smallest absolute Gasteiger partial charge is 0.338 e. The van der Waals surface area contributed by atoms with E-state index in [-0.39, 0.29) is 17.7 Å². The number of hydrogen-bond donors (Lipinski definition) is 1. The van der Waals surface area contributed by atoms with Gasteiger partial charge in [0.25, 0.3) is 0 Å². The summed E-state index contributed by atoms with van der Waals surface area (Å²) < 4.78 is 39.6. The van der Waals surface area contributed by atoms with E-state index in [0.717, 1.165) is 5.56 Å². The van der Waals surface area contributed by atoms with E-state index >= 15 is 0 Å². The maximum Gasteiger partial charge on any atom is 0.338 e. The Morgan fingerprint density at radius 2 is 1.38 bits per heavy atom. The Balaban J connectivity index is 1.68. The van der Waals surface area contributed by atoms with Crippen molar-refractivity contribution in [3.05, 3.63) is 108 Å². The molecule has 12 nitrogen and oxygen atoms in total. The average molecular weight is 598 g/mol. The molecule has 3 aromatic carbocycles. The van der Waals surface area contributed by atoms with Gasteiger partial charge in [0.1, 0.15) is 24.9 Å². The summed E-state index contributed by atoms with van der Waals surface area (Å²) in [5.74, 6) is -2.27. The summed E-state index contributed by atoms with van der Waals surface area (Å²) in [5.41, 5.74) is 1.03. The number of benzene rings is 3. The molecule has 222 valence electrons. The van der Waals surface area contributed by atoms with Crippen LogP contribution in [0.25, 0.3) is 0 Å². The summed E-state index contributed by atoms with van der Waals surface area (Å²) in [5, 5.41) is 2.55. The van der Waals surface area contributed by atoms with Crippen LogP contribution in [0, 0.1) is 0 Å². The lowest BCUT2D eigenvalue weighted by atomic mass is 9.96. The molecule has 1 fully saturated rings. The van der Waals surface area contributed by atoms with E-state index in [0.29, 0.717) is 0 Å². The van der Waals surface area contributed by atoms with Crippen molar-refractivity contribution >= 4 is 25.7 Å². The molecule has 0 saturated carbocycles. The second-order valence-corrected chi connectivity index (χ2v) is 10.4. The van der Waals surface area contributed by atoms with Crippen molar-refractivity contribution in [2.24, 2.45) is 0 Å². The van der Waals surface area contributed by atoms with E-state index in [9.17, 15) is 28.7 Å². The number of rotatable bonds is 11. The fraction of sp³-hybridized carbons (Fsp3) is 0.276. The van der Waals surface area contributed by atoms with Crippen LogP contribution in [-0.4, -0.2) is 55.1 Å². The minimum absolute atomic E-state index is 0.0232. The minimum atomic E-state index is -5.74. The Kier molecular flexibility index (Phi) is 10.6. The summed E-state index contributed by atoms with van der Waals surface area (Å²) in [6.07, 6.45) is -6.29. The number of phosphoric ester groups is 1. The highest BCUT2D eigenvalue weighted by Gasteiger charge is 2.51. The van der Waals surface area contributed by atoms with Gasteiger partial charge in [-0.1, -0.05) is 66.7 Å². The third-order valence-electron chi connectivity index (χ3n) is 6.16. The molecule has 1 N–H and O–H groups in total. The summed E-state index contributed by atoms with van der Waals surface area (Å²) in [6, 6.07) is 23.3. The molecule has 1 heterocycles. The normalized spacial score (nSPS) is 22.1. The first-order chi connectivity index (χ1) is 20.1. The summed E-state index contributed by atoms with van der Waals surface area (Å²) >= 11 is 0. The summed E-state index contributed by atoms with van der Waals surface area (Å²) in [7, 11) is -5.74. The maximum absolute atomic E-state index is 13.1. The van der Waals surface area contributed by atoms with Crippen LogP contribution in [-0.2, 0) is 39.4 Å². The third-order valence-corrected chi connectivity index (χ3v) is 6.67. The monoisotopic (exact) mass is 597 g/mol. The molecule has 13 heteroatoms. The molecule has 1 aliphatic heterocycles. The SMILES string of the molecule is CC(=O)N[C@H]1[C@@H](OCc2ccccc2)O[C@H](COC(=O)c2ccccc2)[C@@H](OP(=O)([O-])[O-])[C@@H]1OC(=O)c1ccccc1. The van der Waals surface area contributed by atoms with Gasteiger partial charge in [0.2, 0.25) is 5.91 Å². The van der Waals surface area contributed by atoms with E-state index < -0.39 is 62.9 Å². The Labute approximate surface area is 241 Å². The van der Waals surface area contributed by atoms with Gasteiger partial charge in [0, 0.05) is 6.92 Å². The molecule has 1 saturated heterocycles. The zero-order valence-electron chi connectivity index (χ0n) is 22.4. The van der Waals surface area contributed by atoms with E-state index in [1.165, 1.54) is 31.2 Å². The molecule has 0 spiro atoms. The number of nitrogens with one attached hydrogen (secondary N) is 1. The van der Waals surface area contributed by atoms with Crippen LogP contribution in [0.3, 0.4) is 0 Å². The van der Waals surface area contributed by atoms with Crippen LogP contribution in [0.4, 0.5) is 0 Å². The van der Waals surface area contributed by atoms with Crippen molar-refractivity contribution in [2.75, 3.05) is 6.61 Å². The Morgan fingerprint density at radius 1 is 0.833 bits per heavy atom. The molecule has 1 aliphatic rings.